The fraction of sp³-hybridized carbons (Fsp3) is 0.474. The van der Waals surface area contributed by atoms with Gasteiger partial charge in [-0.2, -0.15) is 0 Å². The normalized spacial score (nSPS) is 14.4. The fourth-order valence-electron chi connectivity index (χ4n) is 3.31. The Hall–Kier alpha value is -2.50. The van der Waals surface area contributed by atoms with Gasteiger partial charge in [-0.05, 0) is 39.0 Å². The second-order valence-electron chi connectivity index (χ2n) is 7.36. The van der Waals surface area contributed by atoms with Crippen LogP contribution in [0, 0.1) is 0 Å². The van der Waals surface area contributed by atoms with Crippen LogP contribution in [-0.2, 0) is 29.5 Å². The first-order chi connectivity index (χ1) is 11.7. The summed E-state index contributed by atoms with van der Waals surface area (Å²) < 4.78 is 12.5. The topological polar surface area (TPSA) is 60.8 Å². The molecule has 134 valence electrons. The molecule has 0 aliphatic carbocycles. The quantitative estimate of drug-likeness (QED) is 0.745. The standard InChI is InChI=1S/C19H24N2O4/c1-19(2,3)25-18(23)21-9-8-16-14(11-21)13-10-12(17(22)24-5)6-7-15(13)20(16)4/h6-7,10H,8-9,11H2,1-5H3. The minimum Gasteiger partial charge on any atom is -0.465 e. The second kappa shape index (κ2) is 6.10. The van der Waals surface area contributed by atoms with Gasteiger partial charge in [0.25, 0.3) is 0 Å². The third kappa shape index (κ3) is 3.21. The maximum absolute atomic E-state index is 12.4. The summed E-state index contributed by atoms with van der Waals surface area (Å²) in [4.78, 5) is 26.0. The minimum absolute atomic E-state index is 0.306. The number of rotatable bonds is 1. The average molecular weight is 344 g/mol. The van der Waals surface area contributed by atoms with Crippen LogP contribution in [0.3, 0.4) is 0 Å². The number of methoxy groups -OCH3 is 1. The van der Waals surface area contributed by atoms with Crippen molar-refractivity contribution < 1.29 is 19.1 Å². The number of fused-ring (bicyclic) bond motifs is 3. The Labute approximate surface area is 147 Å². The number of carbonyl (C=O) groups is 2. The third-order valence-electron chi connectivity index (χ3n) is 4.48. The van der Waals surface area contributed by atoms with Crippen molar-refractivity contribution in [2.24, 2.45) is 7.05 Å². The summed E-state index contributed by atoms with van der Waals surface area (Å²) >= 11 is 0. The summed E-state index contributed by atoms with van der Waals surface area (Å²) in [7, 11) is 3.39. The second-order valence-corrected chi connectivity index (χ2v) is 7.36. The van der Waals surface area contributed by atoms with Crippen molar-refractivity contribution in [1.82, 2.24) is 9.47 Å². The van der Waals surface area contributed by atoms with Crippen molar-refractivity contribution in [3.05, 3.63) is 35.0 Å². The molecule has 6 heteroatoms. The van der Waals surface area contributed by atoms with Crippen molar-refractivity contribution >= 4 is 23.0 Å². The zero-order valence-corrected chi connectivity index (χ0v) is 15.4. The summed E-state index contributed by atoms with van der Waals surface area (Å²) in [6.45, 7) is 6.69. The molecular formula is C19H24N2O4. The highest BCUT2D eigenvalue weighted by atomic mass is 16.6. The molecule has 0 saturated heterocycles. The van der Waals surface area contributed by atoms with Gasteiger partial charge < -0.3 is 18.9 Å². The number of benzene rings is 1. The maximum atomic E-state index is 12.4. The van der Waals surface area contributed by atoms with Crippen LogP contribution in [-0.4, -0.2) is 40.8 Å². The lowest BCUT2D eigenvalue weighted by Gasteiger charge is -2.30. The van der Waals surface area contributed by atoms with Gasteiger partial charge in [-0.25, -0.2) is 9.59 Å². The molecule has 1 aromatic heterocycles. The largest absolute Gasteiger partial charge is 0.465 e. The van der Waals surface area contributed by atoms with Crippen LogP contribution < -0.4 is 0 Å². The first-order valence-electron chi connectivity index (χ1n) is 8.37. The summed E-state index contributed by atoms with van der Waals surface area (Å²) in [5.74, 6) is -0.362. The molecule has 2 heterocycles. The molecule has 1 aliphatic heterocycles. The molecule has 0 atom stereocenters. The van der Waals surface area contributed by atoms with E-state index < -0.39 is 5.60 Å². The van der Waals surface area contributed by atoms with E-state index in [9.17, 15) is 9.59 Å². The number of aromatic nitrogens is 1. The lowest BCUT2D eigenvalue weighted by molar-refractivity contribution is 0.0223. The molecule has 2 aromatic rings. The van der Waals surface area contributed by atoms with Crippen LogP contribution in [0.4, 0.5) is 4.79 Å². The van der Waals surface area contributed by atoms with Crippen molar-refractivity contribution in [3.63, 3.8) is 0 Å². The fourth-order valence-corrected chi connectivity index (χ4v) is 3.31. The van der Waals surface area contributed by atoms with E-state index in [1.54, 1.807) is 11.0 Å². The highest BCUT2D eigenvalue weighted by Gasteiger charge is 2.29. The van der Waals surface area contributed by atoms with Gasteiger partial charge in [0.1, 0.15) is 5.60 Å². The van der Waals surface area contributed by atoms with E-state index in [0.29, 0.717) is 18.7 Å². The van der Waals surface area contributed by atoms with Gasteiger partial charge in [0.05, 0.1) is 19.2 Å². The summed E-state index contributed by atoms with van der Waals surface area (Å²) in [5, 5.41) is 0.980. The number of hydrogen-bond acceptors (Lipinski definition) is 4. The van der Waals surface area contributed by atoms with Crippen LogP contribution in [0.1, 0.15) is 42.4 Å². The molecular weight excluding hydrogens is 320 g/mol. The Balaban J connectivity index is 1.98. The van der Waals surface area contributed by atoms with Gasteiger partial charge in [-0.1, -0.05) is 0 Å². The molecule has 0 N–H and O–H groups in total. The molecule has 0 fully saturated rings. The smallest absolute Gasteiger partial charge is 0.410 e. The maximum Gasteiger partial charge on any atom is 0.410 e. The van der Waals surface area contributed by atoms with E-state index in [1.165, 1.54) is 12.8 Å². The summed E-state index contributed by atoms with van der Waals surface area (Å²) in [5.41, 5.74) is 3.30. The van der Waals surface area contributed by atoms with Gasteiger partial charge in [0.2, 0.25) is 0 Å². The van der Waals surface area contributed by atoms with E-state index in [4.69, 9.17) is 9.47 Å². The average Bonchev–Trinajstić information content (AvgIpc) is 2.84. The Morgan fingerprint density at radius 2 is 1.92 bits per heavy atom. The SMILES string of the molecule is COC(=O)c1ccc2c(c1)c1c(n2C)CCN(C(=O)OC(C)(C)C)C1. The Kier molecular flexibility index (Phi) is 4.22. The van der Waals surface area contributed by atoms with E-state index in [1.807, 2.05) is 40.0 Å². The minimum atomic E-state index is -0.520. The molecule has 1 aromatic carbocycles. The van der Waals surface area contributed by atoms with Crippen LogP contribution in [0.25, 0.3) is 10.9 Å². The van der Waals surface area contributed by atoms with Gasteiger partial charge in [-0.15, -0.1) is 0 Å². The molecule has 0 unspecified atom stereocenters. The van der Waals surface area contributed by atoms with Gasteiger partial charge in [-0.3, -0.25) is 0 Å². The first kappa shape index (κ1) is 17.3. The number of nitrogens with zero attached hydrogens (tertiary/aromatic N) is 2. The Bertz CT molecular complexity index is 845. The number of amides is 1. The van der Waals surface area contributed by atoms with Crippen molar-refractivity contribution in [2.75, 3.05) is 13.7 Å². The molecule has 25 heavy (non-hydrogen) atoms. The van der Waals surface area contributed by atoms with Crippen molar-refractivity contribution in [2.45, 2.75) is 39.3 Å². The van der Waals surface area contributed by atoms with E-state index in [0.717, 1.165) is 22.9 Å². The Morgan fingerprint density at radius 3 is 2.56 bits per heavy atom. The van der Waals surface area contributed by atoms with Crippen LogP contribution in [0.5, 0.6) is 0 Å². The van der Waals surface area contributed by atoms with E-state index in [-0.39, 0.29) is 12.1 Å². The van der Waals surface area contributed by atoms with Gasteiger partial charge >= 0.3 is 12.1 Å². The Morgan fingerprint density at radius 1 is 1.20 bits per heavy atom. The molecule has 0 radical (unpaired) electrons. The van der Waals surface area contributed by atoms with E-state index >= 15 is 0 Å². The van der Waals surface area contributed by atoms with Crippen molar-refractivity contribution in [3.8, 4) is 0 Å². The predicted octanol–water partition coefficient (Wildman–Crippen LogP) is 3.26. The molecule has 3 rings (SSSR count). The predicted molar refractivity (Wildman–Crippen MR) is 94.6 cm³/mol. The monoisotopic (exact) mass is 344 g/mol. The van der Waals surface area contributed by atoms with E-state index in [2.05, 4.69) is 4.57 Å². The lowest BCUT2D eigenvalue weighted by Crippen LogP contribution is -2.40. The van der Waals surface area contributed by atoms with Gasteiger partial charge in [0, 0.05) is 42.2 Å². The summed E-state index contributed by atoms with van der Waals surface area (Å²) in [6.07, 6.45) is 0.451. The third-order valence-corrected chi connectivity index (χ3v) is 4.48. The molecule has 1 aliphatic rings. The van der Waals surface area contributed by atoms with Crippen molar-refractivity contribution in [1.29, 1.82) is 0 Å². The zero-order chi connectivity index (χ0) is 18.4. The molecule has 1 amide bonds. The molecule has 0 bridgehead atoms. The number of carbonyl (C=O) groups excluding carboxylic acids is 2. The van der Waals surface area contributed by atoms with Crippen LogP contribution in [0.2, 0.25) is 0 Å². The lowest BCUT2D eigenvalue weighted by atomic mass is 10.0. The molecule has 0 saturated carbocycles. The first-order valence-corrected chi connectivity index (χ1v) is 8.37. The van der Waals surface area contributed by atoms with Gasteiger partial charge in [0.15, 0.2) is 0 Å². The number of aryl methyl sites for hydroxylation is 1. The molecule has 0 spiro atoms. The number of hydrogen-bond donors (Lipinski definition) is 0. The van der Waals surface area contributed by atoms with Crippen LogP contribution in [0.15, 0.2) is 18.2 Å². The van der Waals surface area contributed by atoms with Crippen LogP contribution >= 0.6 is 0 Å². The zero-order valence-electron chi connectivity index (χ0n) is 15.4. The number of esters is 1. The summed E-state index contributed by atoms with van der Waals surface area (Å²) in [6, 6.07) is 5.54. The molecule has 6 nitrogen and oxygen atoms in total. The highest BCUT2D eigenvalue weighted by Crippen LogP contribution is 2.31. The highest BCUT2D eigenvalue weighted by molar-refractivity contribution is 5.96. The number of ether oxygens (including phenoxy) is 2.